The molecule has 10 aromatic carbocycles. The average molecular weight is 795 g/mol. The van der Waals surface area contributed by atoms with Crippen molar-refractivity contribution in [1.82, 2.24) is 0 Å². The summed E-state index contributed by atoms with van der Waals surface area (Å²) in [5.41, 5.74) is 11.7. The zero-order valence-electron chi connectivity index (χ0n) is 33.6. The van der Waals surface area contributed by atoms with Crippen molar-refractivity contribution in [2.45, 2.75) is 0 Å². The SMILES string of the molecule is c1ccc(-c2ccc(N(c3ccc(-c4ccc5c(c4)N(c4ccccc4)c4ccccc4[Si]5(c4ccccc4)c4ccccc4)cc3)c3cccc4ccccc34)cc2)cc1. The summed E-state index contributed by atoms with van der Waals surface area (Å²) in [7, 11) is -2.77. The van der Waals surface area contributed by atoms with Crippen LogP contribution in [0.5, 0.6) is 0 Å². The number of hydrogen-bond acceptors (Lipinski definition) is 2. The lowest BCUT2D eigenvalue weighted by Gasteiger charge is -2.45. The van der Waals surface area contributed by atoms with Crippen molar-refractivity contribution in [2.75, 3.05) is 9.80 Å². The maximum atomic E-state index is 2.49. The van der Waals surface area contributed by atoms with Crippen molar-refractivity contribution in [2.24, 2.45) is 0 Å². The van der Waals surface area contributed by atoms with Crippen molar-refractivity contribution in [3.8, 4) is 22.3 Å². The van der Waals surface area contributed by atoms with Gasteiger partial charge in [0.15, 0.2) is 8.07 Å². The van der Waals surface area contributed by atoms with Crippen molar-refractivity contribution < 1.29 is 0 Å². The third kappa shape index (κ3) is 6.26. The Morgan fingerprint density at radius 2 is 0.803 bits per heavy atom. The highest BCUT2D eigenvalue weighted by Gasteiger charge is 2.48. The van der Waals surface area contributed by atoms with Gasteiger partial charge in [0.25, 0.3) is 0 Å². The lowest BCUT2D eigenvalue weighted by Crippen LogP contribution is -2.77. The molecule has 0 aromatic heterocycles. The minimum Gasteiger partial charge on any atom is -0.311 e. The highest BCUT2D eigenvalue weighted by molar-refractivity contribution is 7.21. The summed E-state index contributed by atoms with van der Waals surface area (Å²) in [5, 5.41) is 7.96. The molecule has 0 radical (unpaired) electrons. The summed E-state index contributed by atoms with van der Waals surface area (Å²) < 4.78 is 0. The van der Waals surface area contributed by atoms with Crippen LogP contribution >= 0.6 is 0 Å². The quantitative estimate of drug-likeness (QED) is 0.141. The fourth-order valence-corrected chi connectivity index (χ4v) is 14.6. The summed E-state index contributed by atoms with van der Waals surface area (Å²) in [6.45, 7) is 0. The van der Waals surface area contributed by atoms with Gasteiger partial charge in [0.05, 0.1) is 5.69 Å². The Hall–Kier alpha value is -7.72. The molecule has 0 aliphatic carbocycles. The summed E-state index contributed by atoms with van der Waals surface area (Å²) in [5.74, 6) is 0. The van der Waals surface area contributed by atoms with E-state index in [1.54, 1.807) is 0 Å². The Morgan fingerprint density at radius 3 is 1.46 bits per heavy atom. The predicted molar refractivity (Wildman–Crippen MR) is 261 cm³/mol. The summed E-state index contributed by atoms with van der Waals surface area (Å²) in [4.78, 5) is 4.88. The van der Waals surface area contributed by atoms with Crippen LogP contribution in [0.1, 0.15) is 0 Å². The van der Waals surface area contributed by atoms with Gasteiger partial charge in [-0.25, -0.2) is 0 Å². The molecule has 0 unspecified atom stereocenters. The van der Waals surface area contributed by atoms with Gasteiger partial charge in [-0.2, -0.15) is 0 Å². The fraction of sp³-hybridized carbons (Fsp3) is 0. The topological polar surface area (TPSA) is 6.48 Å². The van der Waals surface area contributed by atoms with Gasteiger partial charge in [0, 0.05) is 33.8 Å². The smallest absolute Gasteiger partial charge is 0.184 e. The maximum absolute atomic E-state index is 2.77. The van der Waals surface area contributed by atoms with Crippen LogP contribution < -0.4 is 30.5 Å². The van der Waals surface area contributed by atoms with Crippen LogP contribution in [0.3, 0.4) is 0 Å². The van der Waals surface area contributed by atoms with Gasteiger partial charge < -0.3 is 9.80 Å². The van der Waals surface area contributed by atoms with Crippen molar-refractivity contribution in [3.63, 3.8) is 0 Å². The Morgan fingerprint density at radius 1 is 0.328 bits per heavy atom. The minimum atomic E-state index is -2.77. The van der Waals surface area contributed by atoms with E-state index in [0.717, 1.165) is 22.7 Å². The first-order chi connectivity index (χ1) is 30.3. The second-order valence-electron chi connectivity index (χ2n) is 15.7. The van der Waals surface area contributed by atoms with Crippen LogP contribution in [0.25, 0.3) is 33.0 Å². The Balaban J connectivity index is 1.07. The first-order valence-electron chi connectivity index (χ1n) is 21.0. The molecule has 0 atom stereocenters. The molecule has 288 valence electrons. The highest BCUT2D eigenvalue weighted by Crippen LogP contribution is 2.42. The van der Waals surface area contributed by atoms with Gasteiger partial charge in [0.1, 0.15) is 0 Å². The maximum Gasteiger partial charge on any atom is 0.184 e. The molecule has 3 heteroatoms. The molecule has 0 spiro atoms. The number of rotatable bonds is 8. The van der Waals surface area contributed by atoms with E-state index in [1.807, 2.05) is 0 Å². The first-order valence-corrected chi connectivity index (χ1v) is 23.0. The molecule has 2 nitrogen and oxygen atoms in total. The van der Waals surface area contributed by atoms with Gasteiger partial charge in [-0.3, -0.25) is 0 Å². The highest BCUT2D eigenvalue weighted by atomic mass is 28.3. The van der Waals surface area contributed by atoms with Crippen LogP contribution in [-0.4, -0.2) is 8.07 Å². The van der Waals surface area contributed by atoms with Gasteiger partial charge in [-0.1, -0.05) is 200 Å². The standard InChI is InChI=1S/C58H42N2Si/c1-5-18-43(19-6-1)44-32-37-49(38-33-44)59(54-30-17-21-46-20-13-14-28-53(46)54)50-39-34-45(35-40-50)47-36-41-58-56(42-47)60(48-22-7-2-8-23-48)55-29-15-16-31-57(55)61(58,51-24-9-3-10-25-51)52-26-11-4-12-27-52/h1-42H. The van der Waals surface area contributed by atoms with E-state index in [1.165, 1.54) is 65.1 Å². The van der Waals surface area contributed by atoms with Crippen LogP contribution in [0.4, 0.5) is 34.1 Å². The van der Waals surface area contributed by atoms with Crippen molar-refractivity contribution in [1.29, 1.82) is 0 Å². The Bertz CT molecular complexity index is 3070. The molecule has 0 N–H and O–H groups in total. The van der Waals surface area contributed by atoms with Crippen LogP contribution in [0.2, 0.25) is 0 Å². The fourth-order valence-electron chi connectivity index (χ4n) is 9.56. The molecule has 1 aliphatic heterocycles. The molecule has 0 bridgehead atoms. The van der Waals surface area contributed by atoms with Crippen LogP contribution in [0.15, 0.2) is 255 Å². The second-order valence-corrected chi connectivity index (χ2v) is 19.4. The third-order valence-electron chi connectivity index (χ3n) is 12.3. The lowest BCUT2D eigenvalue weighted by molar-refractivity contribution is 1.29. The molecule has 0 saturated carbocycles. The number of benzene rings is 10. The number of nitrogens with zero attached hydrogens (tertiary/aromatic N) is 2. The zero-order valence-corrected chi connectivity index (χ0v) is 34.6. The normalized spacial score (nSPS) is 12.7. The van der Waals surface area contributed by atoms with E-state index in [9.17, 15) is 0 Å². The summed E-state index contributed by atoms with van der Waals surface area (Å²) in [6, 6.07) is 93.6. The van der Waals surface area contributed by atoms with E-state index >= 15 is 0 Å². The van der Waals surface area contributed by atoms with E-state index in [-0.39, 0.29) is 0 Å². The van der Waals surface area contributed by atoms with Gasteiger partial charge in [-0.05, 0) is 103 Å². The largest absolute Gasteiger partial charge is 0.311 e. The minimum absolute atomic E-state index is 1.10. The Labute approximate surface area is 358 Å². The summed E-state index contributed by atoms with van der Waals surface area (Å²) in [6.07, 6.45) is 0. The third-order valence-corrected chi connectivity index (χ3v) is 17.2. The molecule has 0 saturated heterocycles. The van der Waals surface area contributed by atoms with Crippen molar-refractivity contribution >= 4 is 73.7 Å². The Kier molecular flexibility index (Phi) is 9.22. The van der Waals surface area contributed by atoms with E-state index < -0.39 is 8.07 Å². The average Bonchev–Trinajstić information content (AvgIpc) is 3.35. The molecular formula is C58H42N2Si. The van der Waals surface area contributed by atoms with E-state index in [4.69, 9.17) is 0 Å². The summed E-state index contributed by atoms with van der Waals surface area (Å²) >= 11 is 0. The lowest BCUT2D eigenvalue weighted by atomic mass is 10.0. The van der Waals surface area contributed by atoms with Crippen molar-refractivity contribution in [3.05, 3.63) is 255 Å². The molecule has 0 amide bonds. The molecule has 1 heterocycles. The van der Waals surface area contributed by atoms with E-state index in [2.05, 4.69) is 265 Å². The molecule has 11 rings (SSSR count). The predicted octanol–water partition coefficient (Wildman–Crippen LogP) is 12.8. The number of hydrogen-bond donors (Lipinski definition) is 0. The number of fused-ring (bicyclic) bond motifs is 3. The van der Waals surface area contributed by atoms with Gasteiger partial charge in [-0.15, -0.1) is 0 Å². The second kappa shape index (κ2) is 15.5. The molecule has 61 heavy (non-hydrogen) atoms. The van der Waals surface area contributed by atoms with Crippen LogP contribution in [-0.2, 0) is 0 Å². The van der Waals surface area contributed by atoms with Gasteiger partial charge >= 0.3 is 0 Å². The molecule has 10 aromatic rings. The first kappa shape index (κ1) is 36.4. The molecule has 0 fully saturated rings. The monoisotopic (exact) mass is 794 g/mol. The van der Waals surface area contributed by atoms with E-state index in [0.29, 0.717) is 0 Å². The molecular weight excluding hydrogens is 753 g/mol. The zero-order chi connectivity index (χ0) is 40.6. The molecule has 1 aliphatic rings. The number of anilines is 6. The van der Waals surface area contributed by atoms with Crippen LogP contribution in [0, 0.1) is 0 Å². The van der Waals surface area contributed by atoms with Gasteiger partial charge in [0.2, 0.25) is 0 Å². The number of para-hydroxylation sites is 2.